The molecule has 1 unspecified atom stereocenters. The Morgan fingerprint density at radius 2 is 1.94 bits per heavy atom. The molecule has 0 spiro atoms. The molecule has 0 radical (unpaired) electrons. The zero-order valence-corrected chi connectivity index (χ0v) is 10.1. The van der Waals surface area contributed by atoms with Crippen LogP contribution in [0.4, 0.5) is 0 Å². The van der Waals surface area contributed by atoms with Gasteiger partial charge < -0.3 is 10.7 Å². The van der Waals surface area contributed by atoms with E-state index in [0.29, 0.717) is 6.04 Å². The lowest BCUT2D eigenvalue weighted by Gasteiger charge is -2.18. The van der Waals surface area contributed by atoms with Crippen LogP contribution in [-0.4, -0.2) is 22.7 Å². The van der Waals surface area contributed by atoms with Gasteiger partial charge in [-0.1, -0.05) is 0 Å². The van der Waals surface area contributed by atoms with Crippen molar-refractivity contribution in [2.24, 2.45) is 0 Å². The van der Waals surface area contributed by atoms with Gasteiger partial charge in [0.1, 0.15) is 6.04 Å². The molecule has 0 saturated heterocycles. The Kier molecular flexibility index (Phi) is 2.90. The predicted octanol–water partition coefficient (Wildman–Crippen LogP) is 1.32. The lowest BCUT2D eigenvalue weighted by Crippen LogP contribution is -2.42. The largest absolute Gasteiger partial charge is 0.352 e. The number of nitrogens with one attached hydrogen (secondary N) is 2. The van der Waals surface area contributed by atoms with E-state index in [-0.39, 0.29) is 11.9 Å². The number of amides is 1. The van der Waals surface area contributed by atoms with E-state index in [1.807, 2.05) is 37.6 Å². The number of nitrogens with zero attached hydrogens (tertiary/aromatic N) is 1. The van der Waals surface area contributed by atoms with Crippen LogP contribution in [0, 0.1) is 13.8 Å². The monoisotopic (exact) mass is 221 g/mol. The molecule has 1 aromatic heterocycles. The Morgan fingerprint density at radius 3 is 2.44 bits per heavy atom. The minimum absolute atomic E-state index is 0.0787. The summed E-state index contributed by atoms with van der Waals surface area (Å²) in [4.78, 5) is 11.8. The summed E-state index contributed by atoms with van der Waals surface area (Å²) in [6.07, 6.45) is 2.25. The quantitative estimate of drug-likeness (QED) is 0.805. The van der Waals surface area contributed by atoms with Crippen molar-refractivity contribution in [3.63, 3.8) is 0 Å². The molecule has 88 valence electrons. The Morgan fingerprint density at radius 1 is 1.38 bits per heavy atom. The van der Waals surface area contributed by atoms with E-state index in [4.69, 9.17) is 0 Å². The van der Waals surface area contributed by atoms with Crippen molar-refractivity contribution in [2.75, 3.05) is 5.43 Å². The predicted molar refractivity (Wildman–Crippen MR) is 63.9 cm³/mol. The van der Waals surface area contributed by atoms with Crippen molar-refractivity contribution in [3.8, 4) is 0 Å². The summed E-state index contributed by atoms with van der Waals surface area (Å²) in [6.45, 7) is 5.92. The first-order valence-electron chi connectivity index (χ1n) is 5.80. The van der Waals surface area contributed by atoms with E-state index in [9.17, 15) is 4.79 Å². The summed E-state index contributed by atoms with van der Waals surface area (Å²) in [5.41, 5.74) is 5.42. The maximum absolute atomic E-state index is 11.8. The molecule has 1 heterocycles. The van der Waals surface area contributed by atoms with Crippen LogP contribution in [0.2, 0.25) is 0 Å². The van der Waals surface area contributed by atoms with Gasteiger partial charge in [0.15, 0.2) is 0 Å². The molecule has 1 fully saturated rings. The minimum atomic E-state index is -0.203. The van der Waals surface area contributed by atoms with Gasteiger partial charge in [0, 0.05) is 17.4 Å². The summed E-state index contributed by atoms with van der Waals surface area (Å²) < 4.78 is 1.96. The van der Waals surface area contributed by atoms with Gasteiger partial charge in [0.05, 0.1) is 0 Å². The Bertz CT molecular complexity index is 373. The third-order valence-electron chi connectivity index (χ3n) is 2.91. The van der Waals surface area contributed by atoms with Crippen LogP contribution in [0.3, 0.4) is 0 Å². The number of carbonyl (C=O) groups excluding carboxylic acids is 1. The molecule has 2 rings (SSSR count). The number of carbonyl (C=O) groups is 1. The van der Waals surface area contributed by atoms with Gasteiger partial charge in [-0.2, -0.15) is 0 Å². The summed E-state index contributed by atoms with van der Waals surface area (Å²) in [5.74, 6) is 0.0787. The molecule has 4 heteroatoms. The molecule has 0 aromatic carbocycles. The second-order valence-electron chi connectivity index (χ2n) is 4.59. The molecule has 2 N–H and O–H groups in total. The maximum Gasteiger partial charge on any atom is 0.244 e. The molecule has 1 atom stereocenters. The normalized spacial score (nSPS) is 16.9. The van der Waals surface area contributed by atoms with Gasteiger partial charge in [0.2, 0.25) is 5.91 Å². The molecule has 1 aromatic rings. The van der Waals surface area contributed by atoms with Crippen LogP contribution in [-0.2, 0) is 4.79 Å². The molecular formula is C12H19N3O. The fourth-order valence-electron chi connectivity index (χ4n) is 1.68. The number of hydrogen-bond acceptors (Lipinski definition) is 2. The van der Waals surface area contributed by atoms with Crippen molar-refractivity contribution >= 4 is 5.91 Å². The fourth-order valence-corrected chi connectivity index (χ4v) is 1.68. The summed E-state index contributed by atoms with van der Waals surface area (Å²) in [7, 11) is 0. The SMILES string of the molecule is Cc1ccc(C)n1NC(C)C(=O)NC1CC1. The highest BCUT2D eigenvalue weighted by Gasteiger charge is 2.25. The average Bonchev–Trinajstić information content (AvgIpc) is 3.00. The molecular weight excluding hydrogens is 202 g/mol. The molecule has 1 aliphatic carbocycles. The van der Waals surface area contributed by atoms with Gasteiger partial charge in [-0.15, -0.1) is 0 Å². The number of aryl methyl sites for hydroxylation is 2. The van der Waals surface area contributed by atoms with Crippen LogP contribution in [0.1, 0.15) is 31.2 Å². The number of hydrogen-bond donors (Lipinski definition) is 2. The molecule has 0 bridgehead atoms. The zero-order valence-electron chi connectivity index (χ0n) is 10.1. The van der Waals surface area contributed by atoms with Crippen LogP contribution >= 0.6 is 0 Å². The second-order valence-corrected chi connectivity index (χ2v) is 4.59. The van der Waals surface area contributed by atoms with Gasteiger partial charge >= 0.3 is 0 Å². The van der Waals surface area contributed by atoms with Gasteiger partial charge in [0.25, 0.3) is 0 Å². The molecule has 1 amide bonds. The highest BCUT2D eigenvalue weighted by Crippen LogP contribution is 2.18. The second kappa shape index (κ2) is 4.20. The van der Waals surface area contributed by atoms with Crippen molar-refractivity contribution < 1.29 is 4.79 Å². The molecule has 0 aliphatic heterocycles. The number of aromatic nitrogens is 1. The summed E-state index contributed by atoms with van der Waals surface area (Å²) >= 11 is 0. The lowest BCUT2D eigenvalue weighted by atomic mass is 10.3. The smallest absolute Gasteiger partial charge is 0.244 e. The van der Waals surface area contributed by atoms with Crippen molar-refractivity contribution in [1.82, 2.24) is 9.99 Å². The summed E-state index contributed by atoms with van der Waals surface area (Å²) in [5, 5.41) is 2.99. The maximum atomic E-state index is 11.8. The van der Waals surface area contributed by atoms with E-state index >= 15 is 0 Å². The summed E-state index contributed by atoms with van der Waals surface area (Å²) in [6, 6.07) is 4.29. The molecule has 1 aliphatic rings. The van der Waals surface area contributed by atoms with Crippen LogP contribution < -0.4 is 10.7 Å². The van der Waals surface area contributed by atoms with E-state index in [0.717, 1.165) is 24.2 Å². The highest BCUT2D eigenvalue weighted by atomic mass is 16.2. The van der Waals surface area contributed by atoms with E-state index in [1.165, 1.54) is 0 Å². The Labute approximate surface area is 96.0 Å². The Balaban J connectivity index is 1.95. The van der Waals surface area contributed by atoms with Crippen LogP contribution in [0.25, 0.3) is 0 Å². The van der Waals surface area contributed by atoms with E-state index in [1.54, 1.807) is 0 Å². The zero-order chi connectivity index (χ0) is 11.7. The van der Waals surface area contributed by atoms with Gasteiger partial charge in [-0.05, 0) is 45.7 Å². The van der Waals surface area contributed by atoms with Crippen molar-refractivity contribution in [1.29, 1.82) is 0 Å². The first kappa shape index (κ1) is 11.0. The average molecular weight is 221 g/mol. The van der Waals surface area contributed by atoms with Crippen molar-refractivity contribution in [3.05, 3.63) is 23.5 Å². The molecule has 16 heavy (non-hydrogen) atoms. The van der Waals surface area contributed by atoms with Crippen molar-refractivity contribution in [2.45, 2.75) is 45.7 Å². The molecule has 4 nitrogen and oxygen atoms in total. The Hall–Kier alpha value is -1.45. The molecule has 1 saturated carbocycles. The first-order valence-corrected chi connectivity index (χ1v) is 5.80. The fraction of sp³-hybridized carbons (Fsp3) is 0.583. The number of rotatable bonds is 4. The van der Waals surface area contributed by atoms with Gasteiger partial charge in [-0.3, -0.25) is 9.47 Å². The van der Waals surface area contributed by atoms with Gasteiger partial charge in [-0.25, -0.2) is 0 Å². The standard InChI is InChI=1S/C12H19N3O/c1-8-4-5-9(2)15(8)14-10(3)12(16)13-11-6-7-11/h4-5,10-11,14H,6-7H2,1-3H3,(H,13,16). The third-order valence-corrected chi connectivity index (χ3v) is 2.91. The van der Waals surface area contributed by atoms with Crippen LogP contribution in [0.15, 0.2) is 12.1 Å². The minimum Gasteiger partial charge on any atom is -0.352 e. The van der Waals surface area contributed by atoms with Crippen LogP contribution in [0.5, 0.6) is 0 Å². The van der Waals surface area contributed by atoms with E-state index in [2.05, 4.69) is 10.7 Å². The topological polar surface area (TPSA) is 46.1 Å². The highest BCUT2D eigenvalue weighted by molar-refractivity contribution is 5.83. The first-order chi connectivity index (χ1) is 7.58. The van der Waals surface area contributed by atoms with E-state index < -0.39 is 0 Å². The lowest BCUT2D eigenvalue weighted by molar-refractivity contribution is -0.121. The third kappa shape index (κ3) is 2.38.